The van der Waals surface area contributed by atoms with Gasteiger partial charge in [-0.25, -0.2) is 14.4 Å². The second-order valence-corrected chi connectivity index (χ2v) is 3.02. The zero-order chi connectivity index (χ0) is 12.5. The molecule has 1 saturated heterocycles. The summed E-state index contributed by atoms with van der Waals surface area (Å²) in [6.45, 7) is -1.20. The van der Waals surface area contributed by atoms with Crippen molar-refractivity contribution in [1.29, 1.82) is 0 Å². The molecular formula is C7H8O9. The van der Waals surface area contributed by atoms with Crippen LogP contribution in [0, 0.1) is 0 Å². The van der Waals surface area contributed by atoms with Gasteiger partial charge in [0.25, 0.3) is 5.60 Å². The van der Waals surface area contributed by atoms with Crippen LogP contribution in [-0.2, 0) is 19.1 Å². The van der Waals surface area contributed by atoms with Crippen molar-refractivity contribution in [2.75, 3.05) is 6.61 Å². The average molecular weight is 236 g/mol. The minimum atomic E-state index is -2.59. The summed E-state index contributed by atoms with van der Waals surface area (Å²) in [5, 5.41) is 35.2. The van der Waals surface area contributed by atoms with Gasteiger partial charge in [0, 0.05) is 0 Å². The molecule has 1 heterocycles. The zero-order valence-corrected chi connectivity index (χ0v) is 7.69. The van der Waals surface area contributed by atoms with Gasteiger partial charge < -0.3 is 29.9 Å². The van der Waals surface area contributed by atoms with Gasteiger partial charge in [0.1, 0.15) is 0 Å². The molecule has 1 unspecified atom stereocenters. The number of hydrogen-bond acceptors (Lipinski definition) is 7. The summed E-state index contributed by atoms with van der Waals surface area (Å²) in [7, 11) is 0. The van der Waals surface area contributed by atoms with Crippen LogP contribution in [0.15, 0.2) is 0 Å². The minimum absolute atomic E-state index is 1.20. The lowest BCUT2D eigenvalue weighted by Gasteiger charge is -2.23. The molecule has 9 nitrogen and oxygen atoms in total. The molecule has 1 aliphatic rings. The van der Waals surface area contributed by atoms with E-state index in [-0.39, 0.29) is 0 Å². The Morgan fingerprint density at radius 3 is 2.31 bits per heavy atom. The van der Waals surface area contributed by atoms with Crippen LogP contribution >= 0.6 is 0 Å². The van der Waals surface area contributed by atoms with Crippen LogP contribution in [0.2, 0.25) is 0 Å². The van der Waals surface area contributed by atoms with E-state index in [1.165, 1.54) is 0 Å². The van der Waals surface area contributed by atoms with E-state index in [1.54, 1.807) is 0 Å². The molecule has 4 N–H and O–H groups in total. The average Bonchev–Trinajstić information content (AvgIpc) is 2.42. The van der Waals surface area contributed by atoms with Gasteiger partial charge in [-0.15, -0.1) is 0 Å². The fourth-order valence-electron chi connectivity index (χ4n) is 1.26. The molecule has 0 radical (unpaired) electrons. The number of carbonyl (C=O) groups is 3. The van der Waals surface area contributed by atoms with Gasteiger partial charge >= 0.3 is 18.1 Å². The van der Waals surface area contributed by atoms with Crippen LogP contribution in [0.3, 0.4) is 0 Å². The highest BCUT2D eigenvalue weighted by molar-refractivity contribution is 5.90. The molecule has 0 aliphatic carbocycles. The number of carboxylic acids is 1. The predicted molar refractivity (Wildman–Crippen MR) is 42.4 cm³/mol. The summed E-state index contributed by atoms with van der Waals surface area (Å²) < 4.78 is 8.22. The fraction of sp³-hybridized carbons (Fsp3) is 0.571. The zero-order valence-electron chi connectivity index (χ0n) is 7.69. The quantitative estimate of drug-likeness (QED) is 0.399. The molecule has 0 aromatic rings. The number of carboxylic acid groups (broad SMARTS) is 2. The standard InChI is InChI=1S/C7H8O9/c8-1-7(5(11)12)3(9)2(4(10)16-7)15-6(13)14/h2-3,8-9H,1H2,(H,11,12)(H,13,14)/t2?,3-,7-/m1/s1. The summed E-state index contributed by atoms with van der Waals surface area (Å²) in [6, 6.07) is 0. The Labute approximate surface area is 87.8 Å². The third kappa shape index (κ3) is 1.66. The lowest BCUT2D eigenvalue weighted by Crippen LogP contribution is -2.53. The highest BCUT2D eigenvalue weighted by Crippen LogP contribution is 2.29. The van der Waals surface area contributed by atoms with E-state index in [1.807, 2.05) is 0 Å². The van der Waals surface area contributed by atoms with Crippen molar-refractivity contribution in [3.05, 3.63) is 0 Å². The Hall–Kier alpha value is -1.87. The number of aliphatic hydroxyl groups is 2. The van der Waals surface area contributed by atoms with Gasteiger partial charge in [0.15, 0.2) is 6.10 Å². The molecule has 0 spiro atoms. The first-order valence-electron chi connectivity index (χ1n) is 4.00. The first kappa shape index (κ1) is 12.2. The summed E-state index contributed by atoms with van der Waals surface area (Å²) in [6.07, 6.45) is -5.97. The van der Waals surface area contributed by atoms with E-state index in [9.17, 15) is 19.5 Å². The summed E-state index contributed by atoms with van der Waals surface area (Å²) in [4.78, 5) is 32.0. The van der Waals surface area contributed by atoms with Crippen molar-refractivity contribution in [2.24, 2.45) is 0 Å². The van der Waals surface area contributed by atoms with E-state index in [2.05, 4.69) is 9.47 Å². The van der Waals surface area contributed by atoms with Crippen molar-refractivity contribution < 1.29 is 44.3 Å². The molecule has 1 aliphatic heterocycles. The lowest BCUT2D eigenvalue weighted by atomic mass is 9.96. The maximum Gasteiger partial charge on any atom is 0.506 e. The number of aliphatic carboxylic acids is 1. The number of rotatable bonds is 3. The van der Waals surface area contributed by atoms with E-state index in [0.29, 0.717) is 0 Å². The van der Waals surface area contributed by atoms with Gasteiger partial charge in [-0.2, -0.15) is 0 Å². The fourth-order valence-corrected chi connectivity index (χ4v) is 1.26. The highest BCUT2D eigenvalue weighted by atomic mass is 16.7. The predicted octanol–water partition coefficient (Wildman–Crippen LogP) is -2.22. The first-order valence-corrected chi connectivity index (χ1v) is 4.00. The van der Waals surface area contributed by atoms with E-state index in [4.69, 9.17) is 15.3 Å². The number of esters is 1. The summed E-state index contributed by atoms with van der Waals surface area (Å²) >= 11 is 0. The van der Waals surface area contributed by atoms with Crippen LogP contribution < -0.4 is 0 Å². The number of hydrogen-bond donors (Lipinski definition) is 4. The Morgan fingerprint density at radius 2 is 2.00 bits per heavy atom. The van der Waals surface area contributed by atoms with Crippen molar-refractivity contribution >= 4 is 18.1 Å². The molecule has 3 atom stereocenters. The number of ether oxygens (including phenoxy) is 2. The minimum Gasteiger partial charge on any atom is -0.478 e. The highest BCUT2D eigenvalue weighted by Gasteiger charge is 2.62. The molecule has 0 bridgehead atoms. The third-order valence-corrected chi connectivity index (χ3v) is 2.10. The van der Waals surface area contributed by atoms with Crippen LogP contribution in [0.25, 0.3) is 0 Å². The second-order valence-electron chi connectivity index (χ2n) is 3.02. The Bertz CT molecular complexity index is 337. The summed E-state index contributed by atoms with van der Waals surface area (Å²) in [5.41, 5.74) is -2.59. The smallest absolute Gasteiger partial charge is 0.478 e. The van der Waals surface area contributed by atoms with Crippen molar-refractivity contribution in [3.63, 3.8) is 0 Å². The monoisotopic (exact) mass is 236 g/mol. The maximum atomic E-state index is 11.1. The van der Waals surface area contributed by atoms with Crippen molar-refractivity contribution in [3.8, 4) is 0 Å². The molecule has 0 aromatic carbocycles. The van der Waals surface area contributed by atoms with Crippen molar-refractivity contribution in [1.82, 2.24) is 0 Å². The lowest BCUT2D eigenvalue weighted by molar-refractivity contribution is -0.181. The van der Waals surface area contributed by atoms with Gasteiger partial charge in [0.2, 0.25) is 6.10 Å². The van der Waals surface area contributed by atoms with Gasteiger partial charge in [-0.05, 0) is 0 Å². The van der Waals surface area contributed by atoms with Gasteiger partial charge in [-0.1, -0.05) is 0 Å². The largest absolute Gasteiger partial charge is 0.506 e. The molecule has 1 rings (SSSR count). The number of aliphatic hydroxyl groups excluding tert-OH is 2. The van der Waals surface area contributed by atoms with Gasteiger partial charge in [-0.3, -0.25) is 0 Å². The Morgan fingerprint density at radius 1 is 1.44 bits per heavy atom. The molecular weight excluding hydrogens is 228 g/mol. The van der Waals surface area contributed by atoms with Crippen LogP contribution in [0.4, 0.5) is 4.79 Å². The SMILES string of the molecule is O=C(O)OC1C(=O)O[C@@](CO)(C(=O)O)[C@@H]1O. The van der Waals surface area contributed by atoms with E-state index < -0.39 is 42.5 Å². The van der Waals surface area contributed by atoms with Crippen LogP contribution in [0.5, 0.6) is 0 Å². The van der Waals surface area contributed by atoms with E-state index >= 15 is 0 Å². The molecule has 1 fully saturated rings. The molecule has 0 amide bonds. The van der Waals surface area contributed by atoms with E-state index in [0.717, 1.165) is 0 Å². The molecule has 9 heteroatoms. The third-order valence-electron chi connectivity index (χ3n) is 2.10. The Balaban J connectivity index is 3.00. The van der Waals surface area contributed by atoms with Crippen LogP contribution in [-0.4, -0.2) is 62.9 Å². The van der Waals surface area contributed by atoms with Crippen molar-refractivity contribution in [2.45, 2.75) is 17.8 Å². The topological polar surface area (TPSA) is 151 Å². The first-order chi connectivity index (χ1) is 7.35. The molecule has 16 heavy (non-hydrogen) atoms. The normalized spacial score (nSPS) is 33.2. The number of carbonyl (C=O) groups excluding carboxylic acids is 1. The second kappa shape index (κ2) is 3.94. The van der Waals surface area contributed by atoms with Gasteiger partial charge in [0.05, 0.1) is 6.61 Å². The Kier molecular flexibility index (Phi) is 3.01. The van der Waals surface area contributed by atoms with Crippen LogP contribution in [0.1, 0.15) is 0 Å². The molecule has 0 aromatic heterocycles. The molecule has 0 saturated carbocycles. The number of cyclic esters (lactones) is 1. The molecule has 90 valence electrons. The maximum absolute atomic E-state index is 11.1. The summed E-state index contributed by atoms with van der Waals surface area (Å²) in [5.74, 6) is -3.17.